The van der Waals surface area contributed by atoms with Gasteiger partial charge in [-0.3, -0.25) is 4.79 Å². The number of aromatic nitrogens is 1. The van der Waals surface area contributed by atoms with Gasteiger partial charge < -0.3 is 29.3 Å². The maximum Gasteiger partial charge on any atom is 0.255 e. The molecule has 1 aliphatic heterocycles. The van der Waals surface area contributed by atoms with Crippen LogP contribution in [0.5, 0.6) is 17.2 Å². The Kier molecular flexibility index (Phi) is 6.83. The third-order valence-electron chi connectivity index (χ3n) is 5.66. The number of rotatable bonds is 7. The van der Waals surface area contributed by atoms with Crippen LogP contribution < -0.4 is 29.3 Å². The molecule has 1 amide bonds. The molecule has 8 heteroatoms. The van der Waals surface area contributed by atoms with E-state index in [1.165, 1.54) is 27.0 Å². The van der Waals surface area contributed by atoms with Crippen molar-refractivity contribution in [3.05, 3.63) is 66.4 Å². The zero-order valence-electron chi connectivity index (χ0n) is 19.1. The van der Waals surface area contributed by atoms with Crippen molar-refractivity contribution in [2.75, 3.05) is 62.6 Å². The maximum absolute atomic E-state index is 12.8. The van der Waals surface area contributed by atoms with Crippen molar-refractivity contribution >= 4 is 23.1 Å². The Bertz CT molecular complexity index is 1060. The van der Waals surface area contributed by atoms with Gasteiger partial charge in [0.2, 0.25) is 5.75 Å². The van der Waals surface area contributed by atoms with E-state index in [2.05, 4.69) is 44.4 Å². The molecule has 1 N–H and O–H groups in total. The van der Waals surface area contributed by atoms with Gasteiger partial charge in [-0.25, -0.2) is 4.98 Å². The summed E-state index contributed by atoms with van der Waals surface area (Å²) in [6.07, 6.45) is 1.68. The quantitative estimate of drug-likeness (QED) is 0.591. The molecule has 0 unspecified atom stereocenters. The Morgan fingerprint density at radius 1 is 0.848 bits per heavy atom. The van der Waals surface area contributed by atoms with E-state index in [1.807, 2.05) is 18.2 Å². The summed E-state index contributed by atoms with van der Waals surface area (Å²) in [6.45, 7) is 3.65. The van der Waals surface area contributed by atoms with Crippen LogP contribution >= 0.6 is 0 Å². The lowest BCUT2D eigenvalue weighted by Gasteiger charge is -2.36. The minimum atomic E-state index is -0.291. The van der Waals surface area contributed by atoms with E-state index in [9.17, 15) is 4.79 Å². The number of carbonyl (C=O) groups is 1. The maximum atomic E-state index is 12.8. The fourth-order valence-corrected chi connectivity index (χ4v) is 3.90. The molecule has 0 saturated carbocycles. The van der Waals surface area contributed by atoms with Crippen molar-refractivity contribution < 1.29 is 19.0 Å². The molecular weight excluding hydrogens is 420 g/mol. The molecule has 3 aromatic rings. The number of carbonyl (C=O) groups excluding carboxylic acids is 1. The molecule has 4 rings (SSSR count). The molecule has 1 fully saturated rings. The molecular formula is C25H28N4O4. The van der Waals surface area contributed by atoms with Crippen LogP contribution in [0.1, 0.15) is 10.4 Å². The molecule has 0 bridgehead atoms. The highest BCUT2D eigenvalue weighted by atomic mass is 16.5. The highest BCUT2D eigenvalue weighted by Crippen LogP contribution is 2.38. The van der Waals surface area contributed by atoms with Gasteiger partial charge in [0.25, 0.3) is 5.91 Å². The highest BCUT2D eigenvalue weighted by Gasteiger charge is 2.19. The van der Waals surface area contributed by atoms with E-state index < -0.39 is 0 Å². The first kappa shape index (κ1) is 22.3. The molecule has 8 nitrogen and oxygen atoms in total. The first-order valence-corrected chi connectivity index (χ1v) is 10.7. The van der Waals surface area contributed by atoms with Crippen LogP contribution in [0.4, 0.5) is 17.2 Å². The molecule has 2 heterocycles. The molecule has 172 valence electrons. The van der Waals surface area contributed by atoms with Gasteiger partial charge in [-0.15, -0.1) is 0 Å². The lowest BCUT2D eigenvalue weighted by molar-refractivity contribution is 0.102. The van der Waals surface area contributed by atoms with Crippen molar-refractivity contribution in [3.63, 3.8) is 0 Å². The molecule has 1 saturated heterocycles. The van der Waals surface area contributed by atoms with Gasteiger partial charge in [0.05, 0.1) is 33.2 Å². The third kappa shape index (κ3) is 4.95. The minimum absolute atomic E-state index is 0.291. The van der Waals surface area contributed by atoms with Crippen molar-refractivity contribution in [3.8, 4) is 17.2 Å². The number of methoxy groups -OCH3 is 3. The van der Waals surface area contributed by atoms with Gasteiger partial charge in [0.1, 0.15) is 5.82 Å². The normalized spacial score (nSPS) is 13.4. The number of nitrogens with zero attached hydrogens (tertiary/aromatic N) is 3. The molecule has 2 aromatic carbocycles. The number of para-hydroxylation sites is 1. The topological polar surface area (TPSA) is 76.2 Å². The van der Waals surface area contributed by atoms with Crippen LogP contribution in [-0.4, -0.2) is 58.4 Å². The van der Waals surface area contributed by atoms with E-state index in [4.69, 9.17) is 14.2 Å². The Morgan fingerprint density at radius 2 is 1.48 bits per heavy atom. The summed E-state index contributed by atoms with van der Waals surface area (Å²) < 4.78 is 16.0. The zero-order valence-corrected chi connectivity index (χ0v) is 19.1. The predicted octanol–water partition coefficient (Wildman–Crippen LogP) is 3.69. The number of amides is 1. The molecule has 0 spiro atoms. The summed E-state index contributed by atoms with van der Waals surface area (Å²) in [4.78, 5) is 22.0. The van der Waals surface area contributed by atoms with Crippen molar-refractivity contribution in [1.82, 2.24) is 4.98 Å². The zero-order chi connectivity index (χ0) is 23.2. The number of hydrogen-bond donors (Lipinski definition) is 1. The van der Waals surface area contributed by atoms with Crippen LogP contribution in [0.15, 0.2) is 60.8 Å². The standard InChI is InChI=1S/C25H28N4O4/c1-31-21-15-18(16-22(32-2)24(21)33-3)25(30)27-19-9-10-23(26-17-19)29-13-11-28(12-14-29)20-7-5-4-6-8-20/h4-10,15-17H,11-14H2,1-3H3,(H,27,30). The molecule has 1 aromatic heterocycles. The monoisotopic (exact) mass is 448 g/mol. The first-order chi connectivity index (χ1) is 16.1. The number of pyridine rings is 1. The third-order valence-corrected chi connectivity index (χ3v) is 5.66. The van der Waals surface area contributed by atoms with Gasteiger partial charge in [0.15, 0.2) is 11.5 Å². The van der Waals surface area contributed by atoms with Crippen LogP contribution in [0.25, 0.3) is 0 Å². The lowest BCUT2D eigenvalue weighted by Crippen LogP contribution is -2.46. The van der Waals surface area contributed by atoms with Crippen LogP contribution in [0.2, 0.25) is 0 Å². The molecule has 33 heavy (non-hydrogen) atoms. The fraction of sp³-hybridized carbons (Fsp3) is 0.280. The Balaban J connectivity index is 1.39. The van der Waals surface area contributed by atoms with Gasteiger partial charge in [-0.05, 0) is 36.4 Å². The number of ether oxygens (including phenoxy) is 3. The fourth-order valence-electron chi connectivity index (χ4n) is 3.90. The average Bonchev–Trinajstić information content (AvgIpc) is 2.88. The van der Waals surface area contributed by atoms with Crippen LogP contribution in [-0.2, 0) is 0 Å². The van der Waals surface area contributed by atoms with E-state index in [-0.39, 0.29) is 5.91 Å². The Morgan fingerprint density at radius 3 is 2.03 bits per heavy atom. The second kappa shape index (κ2) is 10.1. The average molecular weight is 449 g/mol. The number of anilines is 3. The van der Waals surface area contributed by atoms with Crippen molar-refractivity contribution in [1.29, 1.82) is 0 Å². The Hall–Kier alpha value is -3.94. The van der Waals surface area contributed by atoms with Crippen LogP contribution in [0.3, 0.4) is 0 Å². The lowest BCUT2D eigenvalue weighted by atomic mass is 10.1. The summed E-state index contributed by atoms with van der Waals surface area (Å²) in [5.41, 5.74) is 2.25. The molecule has 0 aliphatic carbocycles. The van der Waals surface area contributed by atoms with E-state index in [0.717, 1.165) is 32.0 Å². The second-order valence-electron chi connectivity index (χ2n) is 7.58. The summed E-state index contributed by atoms with van der Waals surface area (Å²) in [6, 6.07) is 17.5. The van der Waals surface area contributed by atoms with Gasteiger partial charge >= 0.3 is 0 Å². The smallest absolute Gasteiger partial charge is 0.255 e. The Labute approximate surface area is 193 Å². The van der Waals surface area contributed by atoms with Gasteiger partial charge in [-0.1, -0.05) is 18.2 Å². The van der Waals surface area contributed by atoms with Gasteiger partial charge in [0, 0.05) is 37.4 Å². The van der Waals surface area contributed by atoms with E-state index in [0.29, 0.717) is 28.5 Å². The van der Waals surface area contributed by atoms with E-state index in [1.54, 1.807) is 18.3 Å². The van der Waals surface area contributed by atoms with E-state index >= 15 is 0 Å². The van der Waals surface area contributed by atoms with Gasteiger partial charge in [-0.2, -0.15) is 0 Å². The molecule has 0 radical (unpaired) electrons. The van der Waals surface area contributed by atoms with Crippen molar-refractivity contribution in [2.45, 2.75) is 0 Å². The highest BCUT2D eigenvalue weighted by molar-refractivity contribution is 6.05. The summed E-state index contributed by atoms with van der Waals surface area (Å²) in [7, 11) is 4.55. The number of hydrogen-bond acceptors (Lipinski definition) is 7. The summed E-state index contributed by atoms with van der Waals surface area (Å²) >= 11 is 0. The second-order valence-corrected chi connectivity index (χ2v) is 7.58. The first-order valence-electron chi connectivity index (χ1n) is 10.7. The molecule has 1 aliphatic rings. The SMILES string of the molecule is COc1cc(C(=O)Nc2ccc(N3CCN(c4ccccc4)CC3)nc2)cc(OC)c1OC. The minimum Gasteiger partial charge on any atom is -0.493 e. The summed E-state index contributed by atoms with van der Waals surface area (Å²) in [5.74, 6) is 1.89. The van der Waals surface area contributed by atoms with Crippen molar-refractivity contribution in [2.24, 2.45) is 0 Å². The number of piperazine rings is 1. The summed E-state index contributed by atoms with van der Waals surface area (Å²) in [5, 5.41) is 2.88. The van der Waals surface area contributed by atoms with Crippen LogP contribution in [0, 0.1) is 0 Å². The molecule has 0 atom stereocenters. The number of benzene rings is 2. The largest absolute Gasteiger partial charge is 0.493 e. The predicted molar refractivity (Wildman–Crippen MR) is 129 cm³/mol. The number of nitrogens with one attached hydrogen (secondary N) is 1.